The van der Waals surface area contributed by atoms with Gasteiger partial charge in [-0.2, -0.15) is 0 Å². The summed E-state index contributed by atoms with van der Waals surface area (Å²) in [6.07, 6.45) is 5.71. The minimum atomic E-state index is -0.851. The van der Waals surface area contributed by atoms with Crippen molar-refractivity contribution in [2.75, 3.05) is 65.4 Å². The number of esters is 4. The summed E-state index contributed by atoms with van der Waals surface area (Å²) in [5.41, 5.74) is 2.14. The molecule has 4 amide bonds. The number of unbranched alkanes of at least 4 members (excludes halogenated alkanes) is 1. The molecule has 0 spiro atoms. The summed E-state index contributed by atoms with van der Waals surface area (Å²) in [6, 6.07) is 65.6. The second-order valence-corrected chi connectivity index (χ2v) is 29.3. The number of carbonyl (C=O) groups excluding carboxylic acids is 8. The van der Waals surface area contributed by atoms with Crippen molar-refractivity contribution in [3.8, 4) is 0 Å². The number of nitrogens with one attached hydrogen (secondary N) is 4. The van der Waals surface area contributed by atoms with Crippen LogP contribution in [0.4, 0.5) is 0 Å². The van der Waals surface area contributed by atoms with Crippen molar-refractivity contribution in [1.82, 2.24) is 31.1 Å². The molecule has 0 aliphatic heterocycles. The number of hydrogen-bond acceptors (Lipinski definition) is 14. The highest BCUT2D eigenvalue weighted by molar-refractivity contribution is 6.08. The van der Waals surface area contributed by atoms with Crippen LogP contribution in [0.5, 0.6) is 0 Å². The maximum atomic E-state index is 13.9. The first kappa shape index (κ1) is 81.1. The number of ether oxygens (including phenoxy) is 4. The van der Waals surface area contributed by atoms with E-state index in [2.05, 4.69) is 31.1 Å². The van der Waals surface area contributed by atoms with Gasteiger partial charge in [0.05, 0.1) is 44.5 Å². The predicted octanol–water partition coefficient (Wildman–Crippen LogP) is 14.4. The standard InChI is InChI=1S/C88H104N6O12/c1-85(2,61-65-35-13-9-14-36-65)103-81(99)73-47-25-21-43-69(73)77(95)89-51-31-57-93(58-32-52-90-78(96)70-44-22-26-48-74(70)82(100)104-86(3,4)62-66-37-15-10-16-38-66)55-29-30-56-94(59-33-53-91-79(97)71-45-23-27-49-75(71)83(101)105-87(5,6)63-67-39-17-11-18-40-67)60-34-54-92-80(98)72-46-24-28-50-76(72)84(102)106-88(7,8)64-68-41-19-12-20-42-68/h9-28,35-50H,29-34,51-64H2,1-8H3,(H,89,95)(H,90,96)(H,91,97)(H,92,98). The summed E-state index contributed by atoms with van der Waals surface area (Å²) in [5.74, 6) is -4.00. The molecule has 0 aliphatic carbocycles. The van der Waals surface area contributed by atoms with Crippen LogP contribution in [0.2, 0.25) is 0 Å². The number of carbonyl (C=O) groups is 8. The molecule has 558 valence electrons. The lowest BCUT2D eigenvalue weighted by Crippen LogP contribution is -2.36. The molecule has 18 nitrogen and oxygen atoms in total. The highest BCUT2D eigenvalue weighted by atomic mass is 16.6. The van der Waals surface area contributed by atoms with Gasteiger partial charge in [-0.1, -0.05) is 170 Å². The largest absolute Gasteiger partial charge is 0.456 e. The molecule has 4 N–H and O–H groups in total. The Morgan fingerprint density at radius 1 is 0.245 bits per heavy atom. The average molecular weight is 1440 g/mol. The van der Waals surface area contributed by atoms with Gasteiger partial charge in [-0.05, 0) is 204 Å². The Kier molecular flexibility index (Phi) is 30.7. The second-order valence-electron chi connectivity index (χ2n) is 29.3. The van der Waals surface area contributed by atoms with Crippen LogP contribution in [0.1, 0.15) is 199 Å². The van der Waals surface area contributed by atoms with Crippen molar-refractivity contribution < 1.29 is 57.3 Å². The third-order valence-electron chi connectivity index (χ3n) is 17.9. The van der Waals surface area contributed by atoms with Crippen molar-refractivity contribution in [3.63, 3.8) is 0 Å². The monoisotopic (exact) mass is 1440 g/mol. The average Bonchev–Trinajstić information content (AvgIpc) is 0.840. The molecule has 0 bridgehead atoms. The zero-order chi connectivity index (χ0) is 76.0. The van der Waals surface area contributed by atoms with Crippen LogP contribution < -0.4 is 21.3 Å². The molecule has 0 atom stereocenters. The fourth-order valence-electron chi connectivity index (χ4n) is 12.9. The lowest BCUT2D eigenvalue weighted by atomic mass is 9.98. The van der Waals surface area contributed by atoms with Gasteiger partial charge in [0, 0.05) is 51.9 Å². The summed E-state index contributed by atoms with van der Waals surface area (Å²) in [7, 11) is 0. The lowest BCUT2D eigenvalue weighted by Gasteiger charge is -2.26. The summed E-state index contributed by atoms with van der Waals surface area (Å²) in [6.45, 7) is 19.6. The lowest BCUT2D eigenvalue weighted by molar-refractivity contribution is -0.00197. The number of hydrogen-bond donors (Lipinski definition) is 4. The van der Waals surface area contributed by atoms with Gasteiger partial charge in [0.15, 0.2) is 0 Å². The fourth-order valence-corrected chi connectivity index (χ4v) is 12.9. The first-order valence-corrected chi connectivity index (χ1v) is 36.9. The molecule has 0 fully saturated rings. The molecule has 0 heterocycles. The van der Waals surface area contributed by atoms with Crippen LogP contribution in [0, 0.1) is 0 Å². The van der Waals surface area contributed by atoms with Gasteiger partial charge in [-0.15, -0.1) is 0 Å². The zero-order valence-corrected chi connectivity index (χ0v) is 62.7. The molecule has 0 aliphatic rings. The number of rotatable bonds is 41. The van der Waals surface area contributed by atoms with Gasteiger partial charge in [-0.25, -0.2) is 19.2 Å². The minimum Gasteiger partial charge on any atom is -0.456 e. The Bertz CT molecular complexity index is 3650. The van der Waals surface area contributed by atoms with E-state index in [1.807, 2.05) is 177 Å². The first-order valence-electron chi connectivity index (χ1n) is 36.9. The number of benzene rings is 8. The number of nitrogens with zero attached hydrogens (tertiary/aromatic N) is 2. The maximum absolute atomic E-state index is 13.9. The van der Waals surface area contributed by atoms with E-state index in [4.69, 9.17) is 18.9 Å². The van der Waals surface area contributed by atoms with Crippen LogP contribution in [-0.4, -0.2) is 145 Å². The van der Waals surface area contributed by atoms with Crippen molar-refractivity contribution in [2.24, 2.45) is 0 Å². The molecule has 18 heteroatoms. The van der Waals surface area contributed by atoms with Gasteiger partial charge >= 0.3 is 23.9 Å². The molecule has 0 radical (unpaired) electrons. The van der Waals surface area contributed by atoms with E-state index >= 15 is 0 Å². The molecule has 8 rings (SSSR count). The fraction of sp³-hybridized carbons (Fsp3) is 0.364. The Morgan fingerprint density at radius 2 is 0.415 bits per heavy atom. The van der Waals surface area contributed by atoms with Crippen molar-refractivity contribution in [2.45, 2.75) is 142 Å². The summed E-state index contributed by atoms with van der Waals surface area (Å²) in [5, 5.41) is 12.1. The summed E-state index contributed by atoms with van der Waals surface area (Å²) >= 11 is 0. The predicted molar refractivity (Wildman–Crippen MR) is 414 cm³/mol. The molecule has 106 heavy (non-hydrogen) atoms. The highest BCUT2D eigenvalue weighted by Crippen LogP contribution is 2.26. The maximum Gasteiger partial charge on any atom is 0.339 e. The zero-order valence-electron chi connectivity index (χ0n) is 62.7. The molecule has 0 saturated carbocycles. The van der Waals surface area contributed by atoms with Gasteiger partial charge in [0.1, 0.15) is 22.4 Å². The Labute approximate surface area is 625 Å². The van der Waals surface area contributed by atoms with Crippen LogP contribution in [0.25, 0.3) is 0 Å². The second kappa shape index (κ2) is 40.1. The minimum absolute atomic E-state index is 0.166. The van der Waals surface area contributed by atoms with Crippen LogP contribution in [0.15, 0.2) is 218 Å². The Balaban J connectivity index is 0.913. The topological polar surface area (TPSA) is 228 Å². The van der Waals surface area contributed by atoms with E-state index in [0.29, 0.717) is 117 Å². The Morgan fingerprint density at radius 3 is 0.613 bits per heavy atom. The molecule has 0 aromatic heterocycles. The summed E-state index contributed by atoms with van der Waals surface area (Å²) in [4.78, 5) is 115. The first-order chi connectivity index (χ1) is 50.8. The number of amides is 4. The molecule has 8 aromatic rings. The quantitative estimate of drug-likeness (QED) is 0.0159. The SMILES string of the molecule is CC(C)(Cc1ccccc1)OC(=O)c1ccccc1C(=O)NCCCN(CCCCN(CCCNC(=O)c1ccccc1C(=O)OC(C)(C)Cc1ccccc1)CCCNC(=O)c1ccccc1C(=O)OC(C)(C)Cc1ccccc1)CCCNC(=O)c1ccccc1C(=O)OC(C)(C)Cc1ccccc1. The molecule has 0 unspecified atom stereocenters. The highest BCUT2D eigenvalue weighted by Gasteiger charge is 2.32. The van der Waals surface area contributed by atoms with Crippen molar-refractivity contribution in [3.05, 3.63) is 285 Å². The van der Waals surface area contributed by atoms with Crippen LogP contribution in [0.3, 0.4) is 0 Å². The molecular formula is C88H104N6O12. The van der Waals surface area contributed by atoms with Crippen LogP contribution >= 0.6 is 0 Å². The third-order valence-corrected chi connectivity index (χ3v) is 17.9. The van der Waals surface area contributed by atoms with Gasteiger partial charge in [0.2, 0.25) is 0 Å². The summed E-state index contributed by atoms with van der Waals surface area (Å²) < 4.78 is 24.0. The smallest absolute Gasteiger partial charge is 0.339 e. The third kappa shape index (κ3) is 26.9. The van der Waals surface area contributed by atoms with Gasteiger partial charge in [-0.3, -0.25) is 19.2 Å². The van der Waals surface area contributed by atoms with Crippen molar-refractivity contribution >= 4 is 47.5 Å². The van der Waals surface area contributed by atoms with E-state index < -0.39 is 69.9 Å². The van der Waals surface area contributed by atoms with E-state index in [-0.39, 0.29) is 44.5 Å². The van der Waals surface area contributed by atoms with E-state index in [0.717, 1.165) is 35.1 Å². The van der Waals surface area contributed by atoms with Crippen molar-refractivity contribution in [1.29, 1.82) is 0 Å². The normalized spacial score (nSPS) is 11.7. The van der Waals surface area contributed by atoms with Gasteiger partial charge < -0.3 is 50.0 Å². The van der Waals surface area contributed by atoms with E-state index in [1.54, 1.807) is 97.1 Å². The molecular weight excluding hydrogens is 1330 g/mol. The molecule has 8 aromatic carbocycles. The Hall–Kier alpha value is -10.6. The van der Waals surface area contributed by atoms with Gasteiger partial charge in [0.25, 0.3) is 23.6 Å². The van der Waals surface area contributed by atoms with E-state index in [1.165, 1.54) is 0 Å². The van der Waals surface area contributed by atoms with E-state index in [9.17, 15) is 38.4 Å². The molecule has 0 saturated heterocycles. The van der Waals surface area contributed by atoms with Crippen LogP contribution in [-0.2, 0) is 44.6 Å².